The number of fused-ring (bicyclic) bond motifs is 2. The molecule has 0 aromatic heterocycles. The molecule has 4 atom stereocenters. The molecule has 6 heteroatoms. The van der Waals surface area contributed by atoms with Crippen molar-refractivity contribution < 1.29 is 14.3 Å². The van der Waals surface area contributed by atoms with Gasteiger partial charge in [-0.15, -0.1) is 0 Å². The number of benzene rings is 1. The van der Waals surface area contributed by atoms with Crippen LogP contribution >= 0.6 is 0 Å². The predicted molar refractivity (Wildman–Crippen MR) is 94.6 cm³/mol. The number of nitrogens with one attached hydrogen (secondary N) is 2. The van der Waals surface area contributed by atoms with E-state index in [0.29, 0.717) is 18.8 Å². The number of amides is 1. The lowest BCUT2D eigenvalue weighted by molar-refractivity contribution is -0.125. The normalized spacial score (nSPS) is 31.7. The monoisotopic (exact) mass is 345 g/mol. The van der Waals surface area contributed by atoms with Crippen molar-refractivity contribution in [2.45, 2.75) is 44.0 Å². The summed E-state index contributed by atoms with van der Waals surface area (Å²) in [5, 5.41) is 6.65. The van der Waals surface area contributed by atoms with Gasteiger partial charge in [0.1, 0.15) is 5.75 Å². The molecule has 3 aliphatic heterocycles. The maximum atomic E-state index is 12.8. The maximum Gasteiger partial charge on any atom is 0.238 e. The highest BCUT2D eigenvalue weighted by molar-refractivity contribution is 5.82. The van der Waals surface area contributed by atoms with Gasteiger partial charge in [0, 0.05) is 44.3 Å². The first-order chi connectivity index (χ1) is 12.2. The Balaban J connectivity index is 1.37. The number of carbonyl (C=O) groups excluding carboxylic acids is 1. The van der Waals surface area contributed by atoms with Gasteiger partial charge >= 0.3 is 0 Å². The van der Waals surface area contributed by atoms with Crippen molar-refractivity contribution in [3.63, 3.8) is 0 Å². The lowest BCUT2D eigenvalue weighted by Crippen LogP contribution is -2.59. The van der Waals surface area contributed by atoms with Crippen molar-refractivity contribution in [2.24, 2.45) is 0 Å². The van der Waals surface area contributed by atoms with Gasteiger partial charge in [0.25, 0.3) is 0 Å². The van der Waals surface area contributed by atoms with Crippen LogP contribution in [-0.4, -0.2) is 61.8 Å². The smallest absolute Gasteiger partial charge is 0.238 e. The minimum Gasteiger partial charge on any atom is -0.493 e. The Morgan fingerprint density at radius 1 is 1.40 bits per heavy atom. The zero-order valence-corrected chi connectivity index (χ0v) is 14.7. The lowest BCUT2D eigenvalue weighted by atomic mass is 10.00. The van der Waals surface area contributed by atoms with Gasteiger partial charge in [0.05, 0.1) is 24.8 Å². The predicted octanol–water partition coefficient (Wildman–Crippen LogP) is 1.08. The molecule has 0 radical (unpaired) electrons. The molecule has 1 amide bonds. The summed E-state index contributed by atoms with van der Waals surface area (Å²) in [5.41, 5.74) is 1.08. The van der Waals surface area contributed by atoms with Gasteiger partial charge in [-0.25, -0.2) is 0 Å². The van der Waals surface area contributed by atoms with Crippen molar-refractivity contribution in [1.29, 1.82) is 0 Å². The topological polar surface area (TPSA) is 62.8 Å². The van der Waals surface area contributed by atoms with Gasteiger partial charge in [-0.05, 0) is 19.4 Å². The third-order valence-corrected chi connectivity index (χ3v) is 5.50. The van der Waals surface area contributed by atoms with E-state index in [1.807, 2.05) is 31.2 Å². The van der Waals surface area contributed by atoms with Crippen LogP contribution in [0.4, 0.5) is 0 Å². The fourth-order valence-electron chi connectivity index (χ4n) is 4.25. The molecule has 0 spiro atoms. The Morgan fingerprint density at radius 2 is 2.28 bits per heavy atom. The van der Waals surface area contributed by atoms with Crippen LogP contribution in [0.5, 0.6) is 5.75 Å². The second-order valence-corrected chi connectivity index (χ2v) is 7.12. The second-order valence-electron chi connectivity index (χ2n) is 7.12. The van der Waals surface area contributed by atoms with Gasteiger partial charge in [-0.3, -0.25) is 9.69 Å². The first-order valence-corrected chi connectivity index (χ1v) is 9.35. The van der Waals surface area contributed by atoms with E-state index in [4.69, 9.17) is 9.47 Å². The van der Waals surface area contributed by atoms with Crippen LogP contribution in [0.25, 0.3) is 0 Å². The maximum absolute atomic E-state index is 12.8. The van der Waals surface area contributed by atoms with E-state index in [1.54, 1.807) is 0 Å². The summed E-state index contributed by atoms with van der Waals surface area (Å²) < 4.78 is 11.5. The van der Waals surface area contributed by atoms with E-state index in [0.717, 1.165) is 50.4 Å². The Labute approximate surface area is 148 Å². The Morgan fingerprint density at radius 3 is 3.16 bits per heavy atom. The van der Waals surface area contributed by atoms with Crippen molar-refractivity contribution in [1.82, 2.24) is 15.5 Å². The van der Waals surface area contributed by atoms with Crippen LogP contribution in [0.3, 0.4) is 0 Å². The van der Waals surface area contributed by atoms with Gasteiger partial charge in [-0.1, -0.05) is 18.2 Å². The number of ether oxygens (including phenoxy) is 2. The average molecular weight is 345 g/mol. The molecule has 0 bridgehead atoms. The SMILES string of the molecule is CCO[C@@H]1C[C@H]2CN[C@H](C(=O)N[C@@H]3CCOc4ccccc43)CN2C1. The summed E-state index contributed by atoms with van der Waals surface area (Å²) >= 11 is 0. The zero-order valence-electron chi connectivity index (χ0n) is 14.7. The standard InChI is InChI=1S/C19H27N3O3/c1-2-24-14-9-13-10-20-17(12-22(13)11-14)19(23)21-16-7-8-25-18-6-4-3-5-15(16)18/h3-6,13-14,16-17,20H,2,7-12H2,1H3,(H,21,23)/t13-,14+,16+,17-/m0/s1. The molecule has 1 aromatic carbocycles. The lowest BCUT2D eigenvalue weighted by Gasteiger charge is -2.36. The quantitative estimate of drug-likeness (QED) is 0.855. The highest BCUT2D eigenvalue weighted by Crippen LogP contribution is 2.31. The van der Waals surface area contributed by atoms with Crippen LogP contribution in [0, 0.1) is 0 Å². The van der Waals surface area contributed by atoms with E-state index in [1.165, 1.54) is 0 Å². The van der Waals surface area contributed by atoms with Gasteiger partial charge in [0.2, 0.25) is 5.91 Å². The summed E-state index contributed by atoms with van der Waals surface area (Å²) in [6.07, 6.45) is 2.18. The number of hydrogen-bond acceptors (Lipinski definition) is 5. The number of piperazine rings is 1. The first kappa shape index (κ1) is 16.8. The molecule has 2 N–H and O–H groups in total. The number of para-hydroxylation sites is 1. The molecule has 0 unspecified atom stereocenters. The Hall–Kier alpha value is -1.63. The minimum atomic E-state index is -0.161. The van der Waals surface area contributed by atoms with E-state index < -0.39 is 0 Å². The van der Waals surface area contributed by atoms with Crippen LogP contribution < -0.4 is 15.4 Å². The highest BCUT2D eigenvalue weighted by atomic mass is 16.5. The van der Waals surface area contributed by atoms with Crippen molar-refractivity contribution in [3.05, 3.63) is 29.8 Å². The molecule has 2 fully saturated rings. The molecule has 0 saturated carbocycles. The van der Waals surface area contributed by atoms with Gasteiger partial charge < -0.3 is 20.1 Å². The second kappa shape index (κ2) is 7.32. The van der Waals surface area contributed by atoms with Crippen LogP contribution in [0.1, 0.15) is 31.4 Å². The number of carbonyl (C=O) groups is 1. The summed E-state index contributed by atoms with van der Waals surface area (Å²) in [7, 11) is 0. The van der Waals surface area contributed by atoms with Gasteiger partial charge in [-0.2, -0.15) is 0 Å². The largest absolute Gasteiger partial charge is 0.493 e. The number of rotatable bonds is 4. The molecule has 4 rings (SSSR count). The third-order valence-electron chi connectivity index (χ3n) is 5.50. The first-order valence-electron chi connectivity index (χ1n) is 9.35. The van der Waals surface area contributed by atoms with Crippen molar-refractivity contribution >= 4 is 5.91 Å². The van der Waals surface area contributed by atoms with Crippen molar-refractivity contribution in [3.8, 4) is 5.75 Å². The van der Waals surface area contributed by atoms with Crippen LogP contribution in [-0.2, 0) is 9.53 Å². The van der Waals surface area contributed by atoms with E-state index in [9.17, 15) is 4.79 Å². The Bertz CT molecular complexity index is 624. The fourth-order valence-corrected chi connectivity index (χ4v) is 4.25. The molecule has 1 aromatic rings. The van der Waals surface area contributed by atoms with Crippen molar-refractivity contribution in [2.75, 3.05) is 32.8 Å². The molecule has 3 heterocycles. The molecular weight excluding hydrogens is 318 g/mol. The minimum absolute atomic E-state index is 0.0340. The fraction of sp³-hybridized carbons (Fsp3) is 0.632. The van der Waals surface area contributed by atoms with E-state index in [2.05, 4.69) is 15.5 Å². The average Bonchev–Trinajstić information content (AvgIpc) is 3.04. The summed E-state index contributed by atoms with van der Waals surface area (Å²) in [6, 6.07) is 8.33. The molecule has 6 nitrogen and oxygen atoms in total. The molecule has 25 heavy (non-hydrogen) atoms. The van der Waals surface area contributed by atoms with E-state index >= 15 is 0 Å². The summed E-state index contributed by atoms with van der Waals surface area (Å²) in [5.74, 6) is 0.967. The third kappa shape index (κ3) is 3.52. The van der Waals surface area contributed by atoms with E-state index in [-0.39, 0.29) is 18.0 Å². The molecular formula is C19H27N3O3. The summed E-state index contributed by atoms with van der Waals surface area (Å²) in [4.78, 5) is 15.2. The van der Waals surface area contributed by atoms with Crippen LogP contribution in [0.2, 0.25) is 0 Å². The Kier molecular flexibility index (Phi) is 4.92. The summed E-state index contributed by atoms with van der Waals surface area (Å²) in [6.45, 7) is 5.98. The zero-order chi connectivity index (χ0) is 17.2. The highest BCUT2D eigenvalue weighted by Gasteiger charge is 2.39. The molecule has 3 aliphatic rings. The van der Waals surface area contributed by atoms with Crippen LogP contribution in [0.15, 0.2) is 24.3 Å². The molecule has 2 saturated heterocycles. The molecule has 0 aliphatic carbocycles. The number of nitrogens with zero attached hydrogens (tertiary/aromatic N) is 1. The van der Waals surface area contributed by atoms with Gasteiger partial charge in [0.15, 0.2) is 0 Å². The number of hydrogen-bond donors (Lipinski definition) is 2. The molecule has 136 valence electrons.